The zero-order valence-corrected chi connectivity index (χ0v) is 19.8. The monoisotopic (exact) mass is 441 g/mol. The summed E-state index contributed by atoms with van der Waals surface area (Å²) in [6.45, 7) is 12.7. The summed E-state index contributed by atoms with van der Waals surface area (Å²) in [5, 5.41) is 0.493. The predicted octanol–water partition coefficient (Wildman–Crippen LogP) is 2.12. The molecule has 2 aromatic rings. The second kappa shape index (κ2) is 9.58. The zero-order valence-electron chi connectivity index (χ0n) is 19.8. The molecule has 1 atom stereocenters. The summed E-state index contributed by atoms with van der Waals surface area (Å²) >= 11 is 0. The Hall–Kier alpha value is -2.45. The van der Waals surface area contributed by atoms with Crippen LogP contribution in [0.2, 0.25) is 0 Å². The molecule has 174 valence electrons. The first-order valence-corrected chi connectivity index (χ1v) is 11.8. The average molecular weight is 442 g/mol. The van der Waals surface area contributed by atoms with Gasteiger partial charge in [0.15, 0.2) is 0 Å². The van der Waals surface area contributed by atoms with E-state index >= 15 is 0 Å². The van der Waals surface area contributed by atoms with E-state index in [1.165, 1.54) is 6.42 Å². The van der Waals surface area contributed by atoms with Gasteiger partial charge in [-0.3, -0.25) is 9.69 Å². The summed E-state index contributed by atoms with van der Waals surface area (Å²) in [6.07, 6.45) is 3.94. The third-order valence-electron chi connectivity index (χ3n) is 6.82. The van der Waals surface area contributed by atoms with Gasteiger partial charge in [0, 0.05) is 45.0 Å². The molecule has 0 bridgehead atoms. The molecular weight excluding hydrogens is 406 g/mol. The van der Waals surface area contributed by atoms with Crippen molar-refractivity contribution in [3.05, 3.63) is 33.6 Å². The number of pyridine rings is 2. The number of esters is 1. The molecule has 8 heteroatoms. The lowest BCUT2D eigenvalue weighted by atomic mass is 10.1. The summed E-state index contributed by atoms with van der Waals surface area (Å²) in [5.74, 6) is 0.370. The quantitative estimate of drug-likeness (QED) is 0.636. The Morgan fingerprint density at radius 1 is 1.19 bits per heavy atom. The van der Waals surface area contributed by atoms with Crippen LogP contribution in [0.3, 0.4) is 0 Å². The normalized spacial score (nSPS) is 20.2. The minimum absolute atomic E-state index is 0.0916. The number of anilines is 1. The number of rotatable bonds is 6. The molecule has 2 aliphatic rings. The molecule has 0 spiro atoms. The van der Waals surface area contributed by atoms with E-state index in [1.54, 1.807) is 13.1 Å². The second-order valence-corrected chi connectivity index (χ2v) is 8.96. The molecule has 2 aromatic heterocycles. The lowest BCUT2D eigenvalue weighted by Gasteiger charge is -2.34. The Balaban J connectivity index is 1.83. The highest BCUT2D eigenvalue weighted by Crippen LogP contribution is 2.25. The van der Waals surface area contributed by atoms with Crippen LogP contribution in [0.4, 0.5) is 5.82 Å². The Kier molecular flexibility index (Phi) is 6.81. The molecule has 0 aliphatic carbocycles. The molecule has 4 heterocycles. The lowest BCUT2D eigenvalue weighted by Crippen LogP contribution is -2.45. The minimum Gasteiger partial charge on any atom is -0.462 e. The molecule has 2 fully saturated rings. The summed E-state index contributed by atoms with van der Waals surface area (Å²) < 4.78 is 7.20. The van der Waals surface area contributed by atoms with Gasteiger partial charge in [-0.2, -0.15) is 0 Å². The number of carbonyl (C=O) groups excluding carboxylic acids is 1. The summed E-state index contributed by atoms with van der Waals surface area (Å²) in [4.78, 5) is 37.9. The van der Waals surface area contributed by atoms with Gasteiger partial charge in [0.05, 0.1) is 12.0 Å². The highest BCUT2D eigenvalue weighted by atomic mass is 16.5. The molecular formula is C24H35N5O3. The van der Waals surface area contributed by atoms with Gasteiger partial charge in [0.1, 0.15) is 17.0 Å². The van der Waals surface area contributed by atoms with Crippen molar-refractivity contribution in [2.45, 2.75) is 46.2 Å². The van der Waals surface area contributed by atoms with E-state index in [9.17, 15) is 9.59 Å². The fourth-order valence-corrected chi connectivity index (χ4v) is 4.98. The number of piperazine rings is 1. The number of likely N-dealkylation sites (N-methyl/N-ethyl adjacent to an activating group) is 2. The molecule has 2 saturated heterocycles. The smallest absolute Gasteiger partial charge is 0.343 e. The second-order valence-electron chi connectivity index (χ2n) is 8.96. The van der Waals surface area contributed by atoms with Crippen molar-refractivity contribution in [1.82, 2.24) is 19.4 Å². The Morgan fingerprint density at radius 3 is 2.62 bits per heavy atom. The number of ether oxygens (including phenoxy) is 1. The highest BCUT2D eigenvalue weighted by molar-refractivity contribution is 5.93. The number of aromatic nitrogens is 2. The van der Waals surface area contributed by atoms with Gasteiger partial charge in [-0.1, -0.05) is 6.92 Å². The Bertz CT molecular complexity index is 1040. The van der Waals surface area contributed by atoms with Crippen LogP contribution >= 0.6 is 0 Å². The summed E-state index contributed by atoms with van der Waals surface area (Å²) in [5.41, 5.74) is 1.41. The number of fused-ring (bicyclic) bond motifs is 1. The number of carbonyl (C=O) groups is 1. The standard InChI is InChI=1S/C24H35N5O3/c1-5-27-9-7-8-18(27)15-29-16-20(24(31)32-6-2)21(30)19-14-17(3)22(25-23(19)29)28-12-10-26(4)11-13-28/h14,16,18H,5-13,15H2,1-4H3. The SMILES string of the molecule is CCOC(=O)c1cn(CC2CCCN2CC)c2nc(N3CCN(C)CC3)c(C)cc2c1=O. The number of likely N-dealkylation sites (tertiary alicyclic amines) is 1. The zero-order chi connectivity index (χ0) is 22.8. The van der Waals surface area contributed by atoms with E-state index in [0.29, 0.717) is 23.6 Å². The average Bonchev–Trinajstić information content (AvgIpc) is 3.23. The molecule has 0 N–H and O–H groups in total. The minimum atomic E-state index is -0.562. The van der Waals surface area contributed by atoms with Crippen LogP contribution in [-0.4, -0.2) is 84.3 Å². The summed E-state index contributed by atoms with van der Waals surface area (Å²) in [6, 6.07) is 2.28. The van der Waals surface area contributed by atoms with Crippen LogP contribution in [0, 0.1) is 6.92 Å². The Labute approximate surface area is 189 Å². The van der Waals surface area contributed by atoms with Crippen LogP contribution in [-0.2, 0) is 11.3 Å². The molecule has 0 radical (unpaired) electrons. The first-order valence-electron chi connectivity index (χ1n) is 11.8. The van der Waals surface area contributed by atoms with Crippen molar-refractivity contribution in [3.63, 3.8) is 0 Å². The maximum Gasteiger partial charge on any atom is 0.343 e. The van der Waals surface area contributed by atoms with Crippen molar-refractivity contribution in [2.24, 2.45) is 0 Å². The lowest BCUT2D eigenvalue weighted by molar-refractivity contribution is 0.0524. The van der Waals surface area contributed by atoms with Crippen LogP contribution in [0.1, 0.15) is 42.6 Å². The van der Waals surface area contributed by atoms with Crippen molar-refractivity contribution < 1.29 is 9.53 Å². The van der Waals surface area contributed by atoms with E-state index in [-0.39, 0.29) is 17.6 Å². The van der Waals surface area contributed by atoms with E-state index in [0.717, 1.165) is 57.1 Å². The van der Waals surface area contributed by atoms with E-state index < -0.39 is 5.97 Å². The fraction of sp³-hybridized carbons (Fsp3) is 0.625. The van der Waals surface area contributed by atoms with Crippen LogP contribution in [0.15, 0.2) is 17.1 Å². The third-order valence-corrected chi connectivity index (χ3v) is 6.82. The predicted molar refractivity (Wildman–Crippen MR) is 127 cm³/mol. The van der Waals surface area contributed by atoms with Gasteiger partial charge in [0.25, 0.3) is 0 Å². The molecule has 0 saturated carbocycles. The number of nitrogens with zero attached hydrogens (tertiary/aromatic N) is 5. The number of aryl methyl sites for hydroxylation is 1. The third kappa shape index (κ3) is 4.38. The largest absolute Gasteiger partial charge is 0.462 e. The topological polar surface area (TPSA) is 70.9 Å². The first kappa shape index (κ1) is 22.7. The van der Waals surface area contributed by atoms with Crippen LogP contribution in [0.5, 0.6) is 0 Å². The molecule has 8 nitrogen and oxygen atoms in total. The van der Waals surface area contributed by atoms with E-state index in [4.69, 9.17) is 9.72 Å². The fourth-order valence-electron chi connectivity index (χ4n) is 4.98. The molecule has 2 aliphatic heterocycles. The van der Waals surface area contributed by atoms with Gasteiger partial charge in [0.2, 0.25) is 5.43 Å². The van der Waals surface area contributed by atoms with Gasteiger partial charge < -0.3 is 19.1 Å². The van der Waals surface area contributed by atoms with Gasteiger partial charge >= 0.3 is 5.97 Å². The molecule has 0 aromatic carbocycles. The maximum atomic E-state index is 13.3. The van der Waals surface area contributed by atoms with E-state index in [1.807, 2.05) is 17.6 Å². The van der Waals surface area contributed by atoms with Gasteiger partial charge in [-0.15, -0.1) is 0 Å². The first-order chi connectivity index (χ1) is 15.4. The molecule has 1 unspecified atom stereocenters. The molecule has 0 amide bonds. The molecule has 32 heavy (non-hydrogen) atoms. The van der Waals surface area contributed by atoms with Gasteiger partial charge in [-0.05, 0) is 58.5 Å². The maximum absolute atomic E-state index is 13.3. The van der Waals surface area contributed by atoms with Crippen LogP contribution in [0.25, 0.3) is 11.0 Å². The number of hydrogen-bond donors (Lipinski definition) is 0. The van der Waals surface area contributed by atoms with Crippen molar-refractivity contribution in [3.8, 4) is 0 Å². The van der Waals surface area contributed by atoms with Crippen molar-refractivity contribution >= 4 is 22.8 Å². The molecule has 4 rings (SSSR count). The van der Waals surface area contributed by atoms with Crippen LogP contribution < -0.4 is 10.3 Å². The Morgan fingerprint density at radius 2 is 1.94 bits per heavy atom. The van der Waals surface area contributed by atoms with Crippen molar-refractivity contribution in [2.75, 3.05) is 57.8 Å². The van der Waals surface area contributed by atoms with Gasteiger partial charge in [-0.25, -0.2) is 9.78 Å². The van der Waals surface area contributed by atoms with E-state index in [2.05, 4.69) is 28.7 Å². The summed E-state index contributed by atoms with van der Waals surface area (Å²) in [7, 11) is 2.13. The highest BCUT2D eigenvalue weighted by Gasteiger charge is 2.26. The van der Waals surface area contributed by atoms with Crippen molar-refractivity contribution in [1.29, 1.82) is 0 Å². The number of hydrogen-bond acceptors (Lipinski definition) is 7.